The van der Waals surface area contributed by atoms with Crippen molar-refractivity contribution in [2.75, 3.05) is 13.1 Å². The Morgan fingerprint density at radius 2 is 2.18 bits per heavy atom. The average molecular weight is 236 g/mol. The van der Waals surface area contributed by atoms with Crippen LogP contribution in [0.3, 0.4) is 0 Å². The number of aliphatic hydroxyl groups excluding tert-OH is 1. The van der Waals surface area contributed by atoms with Gasteiger partial charge < -0.3 is 5.11 Å². The highest BCUT2D eigenvalue weighted by Gasteiger charge is 2.31. The molecule has 0 radical (unpaired) electrons. The van der Waals surface area contributed by atoms with Crippen LogP contribution in [0.25, 0.3) is 0 Å². The Bertz CT molecular complexity index is 374. The van der Waals surface area contributed by atoms with E-state index in [0.717, 1.165) is 12.5 Å². The van der Waals surface area contributed by atoms with Crippen LogP contribution in [0.1, 0.15) is 31.4 Å². The van der Waals surface area contributed by atoms with Gasteiger partial charge in [-0.15, -0.1) is 5.10 Å². The van der Waals surface area contributed by atoms with Crippen LogP contribution in [0.15, 0.2) is 6.20 Å². The lowest BCUT2D eigenvalue weighted by Gasteiger charge is -2.23. The molecule has 0 unspecified atom stereocenters. The molecule has 0 spiro atoms. The summed E-state index contributed by atoms with van der Waals surface area (Å²) in [5.41, 5.74) is 0.664. The third-order valence-electron chi connectivity index (χ3n) is 3.83. The normalized spacial score (nSPS) is 25.6. The highest BCUT2D eigenvalue weighted by atomic mass is 16.3. The minimum absolute atomic E-state index is 0.0174. The molecule has 2 fully saturated rings. The SMILES string of the molecule is OCc1cn(C[C@H]2CCCN2CC2CC2)nn1. The van der Waals surface area contributed by atoms with E-state index in [4.69, 9.17) is 5.11 Å². The second kappa shape index (κ2) is 4.74. The average Bonchev–Trinajstić information content (AvgIpc) is 2.87. The highest BCUT2D eigenvalue weighted by molar-refractivity contribution is 4.91. The van der Waals surface area contributed by atoms with E-state index in [1.807, 2.05) is 10.9 Å². The molecule has 17 heavy (non-hydrogen) atoms. The largest absolute Gasteiger partial charge is 0.390 e. The Labute approximate surface area is 101 Å². The molecule has 1 aliphatic heterocycles. The van der Waals surface area contributed by atoms with Gasteiger partial charge in [0, 0.05) is 12.6 Å². The quantitative estimate of drug-likeness (QED) is 0.815. The zero-order valence-electron chi connectivity index (χ0n) is 10.1. The predicted molar refractivity (Wildman–Crippen MR) is 63.3 cm³/mol. The van der Waals surface area contributed by atoms with Crippen molar-refractivity contribution in [3.05, 3.63) is 11.9 Å². The Morgan fingerprint density at radius 1 is 1.29 bits per heavy atom. The van der Waals surface area contributed by atoms with Gasteiger partial charge in [0.25, 0.3) is 0 Å². The molecular weight excluding hydrogens is 216 g/mol. The smallest absolute Gasteiger partial charge is 0.108 e. The van der Waals surface area contributed by atoms with Crippen molar-refractivity contribution in [2.24, 2.45) is 5.92 Å². The van der Waals surface area contributed by atoms with Crippen LogP contribution in [0.4, 0.5) is 0 Å². The molecule has 1 aliphatic carbocycles. The molecule has 2 aliphatic rings. The lowest BCUT2D eigenvalue weighted by molar-refractivity contribution is 0.217. The van der Waals surface area contributed by atoms with Crippen LogP contribution in [0.5, 0.6) is 0 Å². The maximum atomic E-state index is 8.96. The maximum absolute atomic E-state index is 8.96. The van der Waals surface area contributed by atoms with Crippen molar-refractivity contribution in [3.8, 4) is 0 Å². The summed E-state index contributed by atoms with van der Waals surface area (Å²) in [6.07, 6.45) is 7.26. The summed E-state index contributed by atoms with van der Waals surface area (Å²) >= 11 is 0. The van der Waals surface area contributed by atoms with Crippen molar-refractivity contribution >= 4 is 0 Å². The van der Waals surface area contributed by atoms with Gasteiger partial charge in [0.1, 0.15) is 5.69 Å². The monoisotopic (exact) mass is 236 g/mol. The fourth-order valence-corrected chi connectivity index (χ4v) is 2.69. The number of rotatable bonds is 5. The van der Waals surface area contributed by atoms with Gasteiger partial charge in [-0.2, -0.15) is 0 Å². The Balaban J connectivity index is 1.58. The van der Waals surface area contributed by atoms with Gasteiger partial charge in [-0.25, -0.2) is 0 Å². The van der Waals surface area contributed by atoms with E-state index in [0.29, 0.717) is 11.7 Å². The summed E-state index contributed by atoms with van der Waals surface area (Å²) in [6, 6.07) is 0.615. The van der Waals surface area contributed by atoms with Gasteiger partial charge in [-0.3, -0.25) is 9.58 Å². The van der Waals surface area contributed by atoms with Crippen LogP contribution >= 0.6 is 0 Å². The molecule has 5 nitrogen and oxygen atoms in total. The van der Waals surface area contributed by atoms with E-state index in [1.54, 1.807) is 0 Å². The first-order valence-corrected chi connectivity index (χ1v) is 6.59. The van der Waals surface area contributed by atoms with Crippen molar-refractivity contribution < 1.29 is 5.11 Å². The summed E-state index contributed by atoms with van der Waals surface area (Å²) in [5.74, 6) is 0.958. The first kappa shape index (κ1) is 11.2. The Hall–Kier alpha value is -0.940. The topological polar surface area (TPSA) is 54.2 Å². The van der Waals surface area contributed by atoms with Crippen molar-refractivity contribution in [2.45, 2.75) is 44.9 Å². The van der Waals surface area contributed by atoms with Crippen LogP contribution in [0.2, 0.25) is 0 Å². The van der Waals surface area contributed by atoms with Crippen LogP contribution in [-0.4, -0.2) is 44.1 Å². The van der Waals surface area contributed by atoms with E-state index in [9.17, 15) is 0 Å². The van der Waals surface area contributed by atoms with Crippen molar-refractivity contribution in [1.29, 1.82) is 0 Å². The Morgan fingerprint density at radius 3 is 2.88 bits per heavy atom. The van der Waals surface area contributed by atoms with E-state index in [2.05, 4.69) is 15.2 Å². The summed E-state index contributed by atoms with van der Waals surface area (Å²) in [5, 5.41) is 16.9. The zero-order chi connectivity index (χ0) is 11.7. The van der Waals surface area contributed by atoms with Gasteiger partial charge >= 0.3 is 0 Å². The van der Waals surface area contributed by atoms with E-state index < -0.39 is 0 Å². The van der Waals surface area contributed by atoms with Crippen LogP contribution < -0.4 is 0 Å². The number of aromatic nitrogens is 3. The zero-order valence-corrected chi connectivity index (χ0v) is 10.1. The molecule has 0 aromatic carbocycles. The van der Waals surface area contributed by atoms with E-state index in [1.165, 1.54) is 38.8 Å². The van der Waals surface area contributed by atoms with Crippen molar-refractivity contribution in [1.82, 2.24) is 19.9 Å². The van der Waals surface area contributed by atoms with Gasteiger partial charge in [0.05, 0.1) is 19.3 Å². The highest BCUT2D eigenvalue weighted by Crippen LogP contribution is 2.32. The van der Waals surface area contributed by atoms with Crippen LogP contribution in [0, 0.1) is 5.92 Å². The number of hydrogen-bond donors (Lipinski definition) is 1. The minimum atomic E-state index is -0.0174. The summed E-state index contributed by atoms with van der Waals surface area (Å²) < 4.78 is 1.88. The summed E-state index contributed by atoms with van der Waals surface area (Å²) in [7, 11) is 0. The number of aliphatic hydroxyl groups is 1. The molecular formula is C12H20N4O. The molecule has 1 saturated heterocycles. The second-order valence-corrected chi connectivity index (χ2v) is 5.32. The Kier molecular flexibility index (Phi) is 3.11. The number of nitrogens with zero attached hydrogens (tertiary/aromatic N) is 4. The predicted octanol–water partition coefficient (Wildman–Crippen LogP) is 0.645. The molecule has 1 atom stereocenters. The number of likely N-dealkylation sites (tertiary alicyclic amines) is 1. The third kappa shape index (κ3) is 2.66. The second-order valence-electron chi connectivity index (χ2n) is 5.32. The molecule has 1 aromatic heterocycles. The standard InChI is InChI=1S/C12H20N4O/c17-9-11-7-16(14-13-11)8-12-2-1-5-15(12)6-10-3-4-10/h7,10,12,17H,1-6,8-9H2/t12-/m1/s1. The number of hydrogen-bond acceptors (Lipinski definition) is 4. The molecule has 0 amide bonds. The van der Waals surface area contributed by atoms with Gasteiger partial charge in [0.2, 0.25) is 0 Å². The van der Waals surface area contributed by atoms with Gasteiger partial charge in [-0.1, -0.05) is 5.21 Å². The fraction of sp³-hybridized carbons (Fsp3) is 0.833. The molecule has 0 bridgehead atoms. The lowest BCUT2D eigenvalue weighted by Crippen LogP contribution is -2.34. The van der Waals surface area contributed by atoms with Crippen LogP contribution in [-0.2, 0) is 13.2 Å². The third-order valence-corrected chi connectivity index (χ3v) is 3.83. The summed E-state index contributed by atoms with van der Waals surface area (Å²) in [4.78, 5) is 2.61. The minimum Gasteiger partial charge on any atom is -0.390 e. The van der Waals surface area contributed by atoms with Gasteiger partial charge in [-0.05, 0) is 38.1 Å². The molecule has 1 N–H and O–H groups in total. The molecule has 94 valence electrons. The molecule has 2 heterocycles. The molecule has 1 saturated carbocycles. The lowest BCUT2D eigenvalue weighted by atomic mass is 10.2. The van der Waals surface area contributed by atoms with Crippen molar-refractivity contribution in [3.63, 3.8) is 0 Å². The van der Waals surface area contributed by atoms with E-state index >= 15 is 0 Å². The van der Waals surface area contributed by atoms with E-state index in [-0.39, 0.29) is 6.61 Å². The molecule has 3 rings (SSSR count). The molecule has 1 aromatic rings. The van der Waals surface area contributed by atoms with Gasteiger partial charge in [0.15, 0.2) is 0 Å². The molecule has 5 heteroatoms. The first-order valence-electron chi connectivity index (χ1n) is 6.59. The fourth-order valence-electron chi connectivity index (χ4n) is 2.69. The summed E-state index contributed by atoms with van der Waals surface area (Å²) in [6.45, 7) is 3.41. The maximum Gasteiger partial charge on any atom is 0.108 e. The first-order chi connectivity index (χ1) is 8.35.